The summed E-state index contributed by atoms with van der Waals surface area (Å²) in [4.78, 5) is 25.8. The summed E-state index contributed by atoms with van der Waals surface area (Å²) in [5.74, 6) is 1.48. The summed E-state index contributed by atoms with van der Waals surface area (Å²) in [5, 5.41) is 13.3. The van der Waals surface area contributed by atoms with Gasteiger partial charge in [-0.2, -0.15) is 0 Å². The minimum absolute atomic E-state index is 0.146. The maximum absolute atomic E-state index is 14.9. The summed E-state index contributed by atoms with van der Waals surface area (Å²) in [6.45, 7) is 23.2. The molecule has 4 saturated carbocycles. The largest absolute Gasteiger partial charge is 0.478 e. The van der Waals surface area contributed by atoms with Gasteiger partial charge in [0.25, 0.3) is 0 Å². The first-order chi connectivity index (χ1) is 23.1. The molecule has 268 valence electrons. The summed E-state index contributed by atoms with van der Waals surface area (Å²) in [7, 11) is 0. The minimum atomic E-state index is -1.22. The lowest BCUT2D eigenvalue weighted by Gasteiger charge is -2.72. The Morgan fingerprint density at radius 1 is 1.02 bits per heavy atom. The number of hydrogen-bond acceptors (Lipinski definition) is 3. The molecule has 6 aliphatic rings. The van der Waals surface area contributed by atoms with E-state index in [-0.39, 0.29) is 27.2 Å². The number of nitrogens with zero attached hydrogens (tertiary/aromatic N) is 1. The summed E-state index contributed by atoms with van der Waals surface area (Å²) >= 11 is 0. The third kappa shape index (κ3) is 5.14. The van der Waals surface area contributed by atoms with Crippen LogP contribution in [0.15, 0.2) is 36.4 Å². The molecule has 5 fully saturated rings. The summed E-state index contributed by atoms with van der Waals surface area (Å²) in [5.41, 5.74) is 3.95. The van der Waals surface area contributed by atoms with E-state index in [0.29, 0.717) is 47.3 Å². The Balaban J connectivity index is 1.16. The molecule has 9 atom stereocenters. The number of aromatic carboxylic acids is 1. The van der Waals surface area contributed by atoms with E-state index in [9.17, 15) is 19.1 Å². The standard InChI is InChI=1S/C43H61FN2O3/c1-27(2)29-14-19-43(26-45-22-24-46-23-8-9-36(46)47)21-20-41(6)32(37(29)43)12-13-35-40(5)17-15-31(28-10-11-30(38(48)49)33(44)25-28)39(3,4)34(40)16-18-42(35,41)7/h10-11,15,25,29,32,34-35,37,45H,1,8-9,12-14,16-24,26H2,2-7H3,(H,48,49). The summed E-state index contributed by atoms with van der Waals surface area (Å²) < 4.78 is 14.9. The van der Waals surface area contributed by atoms with Crippen LogP contribution in [0.25, 0.3) is 5.57 Å². The Morgan fingerprint density at radius 2 is 1.80 bits per heavy atom. The lowest BCUT2D eigenvalue weighted by molar-refractivity contribution is -0.225. The van der Waals surface area contributed by atoms with Crippen LogP contribution in [-0.2, 0) is 4.79 Å². The predicted molar refractivity (Wildman–Crippen MR) is 194 cm³/mol. The Bertz CT molecular complexity index is 1570. The van der Waals surface area contributed by atoms with E-state index in [4.69, 9.17) is 0 Å². The molecular formula is C43H61FN2O3. The molecule has 0 aromatic heterocycles. The number of halogens is 1. The molecule has 1 amide bonds. The average Bonchev–Trinajstić information content (AvgIpc) is 3.62. The fourth-order valence-corrected chi connectivity index (χ4v) is 14.0. The molecule has 1 aliphatic heterocycles. The van der Waals surface area contributed by atoms with E-state index in [0.717, 1.165) is 44.6 Å². The Kier molecular flexibility index (Phi) is 8.60. The van der Waals surface area contributed by atoms with Gasteiger partial charge in [-0.05, 0) is 151 Å². The quantitative estimate of drug-likeness (QED) is 0.213. The molecule has 1 aromatic carbocycles. The van der Waals surface area contributed by atoms with Crippen molar-refractivity contribution in [2.24, 2.45) is 56.7 Å². The first-order valence-electron chi connectivity index (χ1n) is 19.5. The lowest BCUT2D eigenvalue weighted by Crippen LogP contribution is -2.65. The minimum Gasteiger partial charge on any atom is -0.478 e. The summed E-state index contributed by atoms with van der Waals surface area (Å²) in [6.07, 6.45) is 15.2. The van der Waals surface area contributed by atoms with Crippen LogP contribution in [0.2, 0.25) is 0 Å². The second-order valence-electron chi connectivity index (χ2n) is 18.8. The molecule has 5 nitrogen and oxygen atoms in total. The number of likely N-dealkylation sites (tertiary alicyclic amines) is 1. The van der Waals surface area contributed by atoms with Crippen molar-refractivity contribution in [3.63, 3.8) is 0 Å². The maximum Gasteiger partial charge on any atom is 0.338 e. The lowest BCUT2D eigenvalue weighted by atomic mass is 9.32. The highest BCUT2D eigenvalue weighted by Crippen LogP contribution is 2.77. The predicted octanol–water partition coefficient (Wildman–Crippen LogP) is 9.39. The second-order valence-corrected chi connectivity index (χ2v) is 18.8. The Hall–Kier alpha value is -2.47. The van der Waals surface area contributed by atoms with E-state index >= 15 is 0 Å². The van der Waals surface area contributed by atoms with Gasteiger partial charge < -0.3 is 15.3 Å². The normalized spacial score (nSPS) is 41.0. The van der Waals surface area contributed by atoms with Crippen LogP contribution in [0.4, 0.5) is 4.39 Å². The van der Waals surface area contributed by atoms with Gasteiger partial charge in [0, 0.05) is 32.6 Å². The van der Waals surface area contributed by atoms with Crippen LogP contribution in [0.1, 0.15) is 128 Å². The third-order valence-corrected chi connectivity index (χ3v) is 16.5. The number of carboxylic acids is 1. The van der Waals surface area contributed by atoms with E-state index in [1.54, 1.807) is 0 Å². The number of nitrogens with one attached hydrogen (secondary N) is 1. The number of amides is 1. The molecule has 1 saturated heterocycles. The van der Waals surface area contributed by atoms with Crippen molar-refractivity contribution < 1.29 is 19.1 Å². The third-order valence-electron chi connectivity index (χ3n) is 16.5. The zero-order valence-electron chi connectivity index (χ0n) is 31.1. The molecular weight excluding hydrogens is 611 g/mol. The zero-order valence-corrected chi connectivity index (χ0v) is 31.1. The highest BCUT2D eigenvalue weighted by atomic mass is 19.1. The van der Waals surface area contributed by atoms with Gasteiger partial charge in [0.1, 0.15) is 5.82 Å². The SMILES string of the molecule is C=C(C)C1CCC2(CNCCN3CCCC3=O)CCC3(C)C(CCC4C5(C)CC=C(c6ccc(C(=O)O)c(F)c6)C(C)(C)C5CCC43C)C12. The van der Waals surface area contributed by atoms with Gasteiger partial charge >= 0.3 is 5.97 Å². The molecule has 5 aliphatic carbocycles. The molecule has 0 spiro atoms. The topological polar surface area (TPSA) is 69.6 Å². The molecule has 7 rings (SSSR count). The monoisotopic (exact) mass is 672 g/mol. The van der Waals surface area contributed by atoms with E-state index in [1.165, 1.54) is 74.6 Å². The van der Waals surface area contributed by atoms with Gasteiger partial charge in [0.2, 0.25) is 5.91 Å². The molecule has 49 heavy (non-hydrogen) atoms. The van der Waals surface area contributed by atoms with Gasteiger partial charge in [0.05, 0.1) is 5.56 Å². The smallest absolute Gasteiger partial charge is 0.338 e. The fourth-order valence-electron chi connectivity index (χ4n) is 14.0. The van der Waals surface area contributed by atoms with Crippen molar-refractivity contribution in [2.45, 2.75) is 112 Å². The first-order valence-corrected chi connectivity index (χ1v) is 19.5. The molecule has 1 aromatic rings. The van der Waals surface area contributed by atoms with Gasteiger partial charge in [-0.3, -0.25) is 4.79 Å². The van der Waals surface area contributed by atoms with Crippen molar-refractivity contribution >= 4 is 17.4 Å². The second kappa shape index (κ2) is 12.1. The van der Waals surface area contributed by atoms with Gasteiger partial charge in [0.15, 0.2) is 0 Å². The molecule has 0 bridgehead atoms. The highest BCUT2D eigenvalue weighted by Gasteiger charge is 2.70. The van der Waals surface area contributed by atoms with E-state index < -0.39 is 11.8 Å². The van der Waals surface area contributed by atoms with Crippen LogP contribution in [0.3, 0.4) is 0 Å². The summed E-state index contributed by atoms with van der Waals surface area (Å²) in [6, 6.07) is 4.70. The Labute approximate surface area is 294 Å². The first kappa shape index (κ1) is 35.0. The number of hydrogen-bond donors (Lipinski definition) is 2. The fraction of sp³-hybridized carbons (Fsp3) is 0.721. The van der Waals surface area contributed by atoms with Crippen molar-refractivity contribution in [2.75, 3.05) is 26.2 Å². The van der Waals surface area contributed by atoms with Crippen LogP contribution in [0.5, 0.6) is 0 Å². The number of benzene rings is 1. The van der Waals surface area contributed by atoms with Crippen LogP contribution < -0.4 is 5.32 Å². The van der Waals surface area contributed by atoms with Crippen molar-refractivity contribution in [3.8, 4) is 0 Å². The molecule has 1 heterocycles. The van der Waals surface area contributed by atoms with E-state index in [1.807, 2.05) is 11.0 Å². The van der Waals surface area contributed by atoms with E-state index in [2.05, 4.69) is 59.5 Å². The van der Waals surface area contributed by atoms with Crippen LogP contribution in [-0.4, -0.2) is 48.1 Å². The maximum atomic E-state index is 14.9. The molecule has 0 radical (unpaired) electrons. The van der Waals surface area contributed by atoms with Gasteiger partial charge in [-0.25, -0.2) is 9.18 Å². The van der Waals surface area contributed by atoms with Crippen molar-refractivity contribution in [1.29, 1.82) is 0 Å². The number of carbonyl (C=O) groups excluding carboxylic acids is 1. The number of carboxylic acid groups (broad SMARTS) is 1. The number of fused-ring (bicyclic) bond motifs is 7. The molecule has 9 unspecified atom stereocenters. The number of allylic oxidation sites excluding steroid dienone is 3. The van der Waals surface area contributed by atoms with Crippen LogP contribution >= 0.6 is 0 Å². The zero-order chi connectivity index (χ0) is 35.1. The molecule has 2 N–H and O–H groups in total. The van der Waals surface area contributed by atoms with Crippen molar-refractivity contribution in [1.82, 2.24) is 10.2 Å². The number of carbonyl (C=O) groups is 2. The van der Waals surface area contributed by atoms with Gasteiger partial charge in [-0.1, -0.05) is 58.9 Å². The Morgan fingerprint density at radius 3 is 2.47 bits per heavy atom. The van der Waals surface area contributed by atoms with Gasteiger partial charge in [-0.15, -0.1) is 0 Å². The average molecular weight is 673 g/mol. The van der Waals surface area contributed by atoms with Crippen LogP contribution in [0, 0.1) is 62.5 Å². The molecule has 6 heteroatoms. The number of rotatable bonds is 8. The highest BCUT2D eigenvalue weighted by molar-refractivity contribution is 5.88. The van der Waals surface area contributed by atoms with Crippen molar-refractivity contribution in [3.05, 3.63) is 53.4 Å².